The third-order valence-corrected chi connectivity index (χ3v) is 6.69. The van der Waals surface area contributed by atoms with Crippen LogP contribution in [-0.2, 0) is 24.3 Å². The zero-order chi connectivity index (χ0) is 21.2. The molecule has 2 unspecified atom stereocenters. The Balaban J connectivity index is 1.69. The maximum Gasteiger partial charge on any atom is 0.274 e. The van der Waals surface area contributed by atoms with E-state index in [4.69, 9.17) is 11.6 Å². The van der Waals surface area contributed by atoms with Crippen LogP contribution in [-0.4, -0.2) is 42.8 Å². The number of hydrogen-bond donors (Lipinski definition) is 1. The van der Waals surface area contributed by atoms with E-state index in [-0.39, 0.29) is 11.8 Å². The van der Waals surface area contributed by atoms with Crippen molar-refractivity contribution in [2.24, 2.45) is 14.1 Å². The summed E-state index contributed by atoms with van der Waals surface area (Å²) in [6.45, 7) is 2.19. The minimum absolute atomic E-state index is 0.0971. The SMILES string of the molecule is Cc1nn(C)c(C(=O)N2CCC3(C(=O)Nc4ccccc43)C2c2cnn(C)c2)c1Cl. The van der Waals surface area contributed by atoms with Crippen molar-refractivity contribution >= 4 is 29.1 Å². The van der Waals surface area contributed by atoms with Crippen LogP contribution < -0.4 is 5.32 Å². The molecule has 1 saturated heterocycles. The Morgan fingerprint density at radius 1 is 1.30 bits per heavy atom. The predicted molar refractivity (Wildman–Crippen MR) is 111 cm³/mol. The van der Waals surface area contributed by atoms with Crippen molar-refractivity contribution in [2.45, 2.75) is 24.8 Å². The fourth-order valence-corrected chi connectivity index (χ4v) is 5.19. The molecule has 0 bridgehead atoms. The molecule has 154 valence electrons. The number of aromatic nitrogens is 4. The van der Waals surface area contributed by atoms with E-state index >= 15 is 0 Å². The highest BCUT2D eigenvalue weighted by atomic mass is 35.5. The topological polar surface area (TPSA) is 85.1 Å². The molecule has 2 aliphatic heterocycles. The molecule has 0 aliphatic carbocycles. The first-order valence-electron chi connectivity index (χ1n) is 9.74. The predicted octanol–water partition coefficient (Wildman–Crippen LogP) is 2.59. The highest BCUT2D eigenvalue weighted by Gasteiger charge is 2.60. The maximum atomic E-state index is 13.7. The second-order valence-electron chi connectivity index (χ2n) is 7.94. The van der Waals surface area contributed by atoms with Crippen LogP contribution in [0.1, 0.15) is 39.8 Å². The Morgan fingerprint density at radius 2 is 2.07 bits per heavy atom. The summed E-state index contributed by atoms with van der Waals surface area (Å²) in [6, 6.07) is 7.17. The molecule has 1 fully saturated rings. The number of benzene rings is 1. The second kappa shape index (κ2) is 6.43. The van der Waals surface area contributed by atoms with Crippen molar-refractivity contribution < 1.29 is 9.59 Å². The van der Waals surface area contributed by atoms with E-state index in [0.717, 1.165) is 16.8 Å². The van der Waals surface area contributed by atoms with Crippen LogP contribution in [0.4, 0.5) is 5.69 Å². The van der Waals surface area contributed by atoms with Crippen LogP contribution in [0.2, 0.25) is 5.02 Å². The molecular formula is C21H21ClN6O2. The molecule has 3 aromatic rings. The lowest BCUT2D eigenvalue weighted by atomic mass is 9.73. The van der Waals surface area contributed by atoms with Crippen molar-refractivity contribution in [1.82, 2.24) is 24.5 Å². The minimum atomic E-state index is -0.880. The Hall–Kier alpha value is -3.13. The summed E-state index contributed by atoms with van der Waals surface area (Å²) in [7, 11) is 3.52. The lowest BCUT2D eigenvalue weighted by molar-refractivity contribution is -0.121. The summed E-state index contributed by atoms with van der Waals surface area (Å²) < 4.78 is 3.19. The summed E-state index contributed by atoms with van der Waals surface area (Å²) in [6.07, 6.45) is 4.10. The highest BCUT2D eigenvalue weighted by Crippen LogP contribution is 2.55. The van der Waals surface area contributed by atoms with Crippen LogP contribution >= 0.6 is 11.6 Å². The Labute approximate surface area is 178 Å². The van der Waals surface area contributed by atoms with E-state index in [1.54, 1.807) is 29.7 Å². The van der Waals surface area contributed by atoms with Gasteiger partial charge < -0.3 is 10.2 Å². The first-order chi connectivity index (χ1) is 14.3. The molecule has 30 heavy (non-hydrogen) atoms. The molecule has 2 aromatic heterocycles. The number of hydrogen-bond acceptors (Lipinski definition) is 4. The average Bonchev–Trinajstić information content (AvgIpc) is 3.43. The number of amides is 2. The maximum absolute atomic E-state index is 13.7. The Kier molecular flexibility index (Phi) is 4.05. The normalized spacial score (nSPS) is 22.6. The van der Waals surface area contributed by atoms with E-state index < -0.39 is 11.5 Å². The summed E-state index contributed by atoms with van der Waals surface area (Å²) in [5, 5.41) is 11.9. The summed E-state index contributed by atoms with van der Waals surface area (Å²) >= 11 is 6.42. The molecule has 0 saturated carbocycles. The van der Waals surface area contributed by atoms with Crippen molar-refractivity contribution in [3.8, 4) is 0 Å². The van der Waals surface area contributed by atoms with Gasteiger partial charge in [-0.2, -0.15) is 10.2 Å². The number of nitrogens with zero attached hydrogens (tertiary/aromatic N) is 5. The molecule has 2 aliphatic rings. The number of aryl methyl sites for hydroxylation is 3. The molecule has 2 amide bonds. The van der Waals surface area contributed by atoms with Gasteiger partial charge in [-0.25, -0.2) is 0 Å². The standard InChI is InChI=1S/C21H21ClN6O2/c1-12-16(22)17(27(3)25-12)19(29)28-9-8-21(18(28)13-10-23-26(2)11-13)14-6-4-5-7-15(14)24-20(21)30/h4-7,10-11,18H,8-9H2,1-3H3,(H,24,30). The van der Waals surface area contributed by atoms with Gasteiger partial charge in [0.05, 0.1) is 23.0 Å². The van der Waals surface area contributed by atoms with Crippen molar-refractivity contribution in [1.29, 1.82) is 0 Å². The van der Waals surface area contributed by atoms with Gasteiger partial charge in [-0.15, -0.1) is 0 Å². The monoisotopic (exact) mass is 424 g/mol. The number of nitrogens with one attached hydrogen (secondary N) is 1. The van der Waals surface area contributed by atoms with E-state index in [2.05, 4.69) is 15.5 Å². The van der Waals surface area contributed by atoms with Crippen molar-refractivity contribution in [2.75, 3.05) is 11.9 Å². The number of rotatable bonds is 2. The first-order valence-corrected chi connectivity index (χ1v) is 10.1. The molecule has 5 rings (SSSR count). The van der Waals surface area contributed by atoms with Crippen LogP contribution in [0.25, 0.3) is 0 Å². The zero-order valence-electron chi connectivity index (χ0n) is 16.9. The Bertz CT molecular complexity index is 1200. The van der Waals surface area contributed by atoms with Gasteiger partial charge in [0.15, 0.2) is 0 Å². The average molecular weight is 425 g/mol. The van der Waals surface area contributed by atoms with Crippen LogP contribution in [0, 0.1) is 6.92 Å². The fourth-order valence-electron chi connectivity index (χ4n) is 4.95. The van der Waals surface area contributed by atoms with Gasteiger partial charge in [0.1, 0.15) is 11.1 Å². The van der Waals surface area contributed by atoms with Gasteiger partial charge in [0.25, 0.3) is 5.91 Å². The smallest absolute Gasteiger partial charge is 0.274 e. The summed E-state index contributed by atoms with van der Waals surface area (Å²) in [5.41, 5.74) is 2.55. The third kappa shape index (κ3) is 2.40. The fraction of sp³-hybridized carbons (Fsp3) is 0.333. The molecule has 9 heteroatoms. The number of likely N-dealkylation sites (tertiary alicyclic amines) is 1. The van der Waals surface area contributed by atoms with Crippen molar-refractivity contribution in [3.05, 3.63) is 64.2 Å². The molecule has 1 N–H and O–H groups in total. The van der Waals surface area contributed by atoms with E-state index in [1.165, 1.54) is 4.68 Å². The molecule has 8 nitrogen and oxygen atoms in total. The molecular weight excluding hydrogens is 404 g/mol. The van der Waals surface area contributed by atoms with E-state index in [9.17, 15) is 9.59 Å². The minimum Gasteiger partial charge on any atom is -0.329 e. The first kappa shape index (κ1) is 18.9. The van der Waals surface area contributed by atoms with Gasteiger partial charge >= 0.3 is 0 Å². The highest BCUT2D eigenvalue weighted by molar-refractivity contribution is 6.34. The largest absolute Gasteiger partial charge is 0.329 e. The molecule has 0 radical (unpaired) electrons. The Morgan fingerprint density at radius 3 is 2.73 bits per heavy atom. The van der Waals surface area contributed by atoms with Gasteiger partial charge in [-0.05, 0) is 25.0 Å². The number of carbonyl (C=O) groups excluding carboxylic acids is 2. The van der Waals surface area contributed by atoms with Gasteiger partial charge in [-0.3, -0.25) is 19.0 Å². The summed E-state index contributed by atoms with van der Waals surface area (Å²) in [4.78, 5) is 28.8. The van der Waals surface area contributed by atoms with Gasteiger partial charge in [0, 0.05) is 38.1 Å². The third-order valence-electron chi connectivity index (χ3n) is 6.24. The van der Waals surface area contributed by atoms with E-state index in [1.807, 2.05) is 37.5 Å². The lowest BCUT2D eigenvalue weighted by Crippen LogP contribution is -2.43. The molecule has 2 atom stereocenters. The number of halogens is 1. The van der Waals surface area contributed by atoms with Crippen molar-refractivity contribution in [3.63, 3.8) is 0 Å². The zero-order valence-corrected chi connectivity index (χ0v) is 17.6. The number of anilines is 1. The quantitative estimate of drug-likeness (QED) is 0.685. The molecule has 1 spiro atoms. The van der Waals surface area contributed by atoms with Crippen LogP contribution in [0.15, 0.2) is 36.7 Å². The number of fused-ring (bicyclic) bond motifs is 2. The molecule has 1 aromatic carbocycles. The number of carbonyl (C=O) groups is 2. The second-order valence-corrected chi connectivity index (χ2v) is 8.32. The van der Waals surface area contributed by atoms with Gasteiger partial charge in [0.2, 0.25) is 5.91 Å². The molecule has 4 heterocycles. The lowest BCUT2D eigenvalue weighted by Gasteiger charge is -2.33. The summed E-state index contributed by atoms with van der Waals surface area (Å²) in [5.74, 6) is -0.342. The van der Waals surface area contributed by atoms with E-state index in [0.29, 0.717) is 29.4 Å². The van der Waals surface area contributed by atoms with Crippen LogP contribution in [0.5, 0.6) is 0 Å². The number of para-hydroxylation sites is 1. The van der Waals surface area contributed by atoms with Gasteiger partial charge in [-0.1, -0.05) is 29.8 Å². The van der Waals surface area contributed by atoms with Crippen LogP contribution in [0.3, 0.4) is 0 Å².